The molecule has 2 amide bonds. The average molecular weight is 376 g/mol. The van der Waals surface area contributed by atoms with Gasteiger partial charge in [-0.3, -0.25) is 9.59 Å². The van der Waals surface area contributed by atoms with Gasteiger partial charge in [0.1, 0.15) is 5.82 Å². The van der Waals surface area contributed by atoms with Crippen LogP contribution in [0.5, 0.6) is 0 Å². The molecule has 0 spiro atoms. The normalized spacial score (nSPS) is 16.6. The van der Waals surface area contributed by atoms with Crippen LogP contribution in [0.15, 0.2) is 30.6 Å². The van der Waals surface area contributed by atoms with E-state index in [-0.39, 0.29) is 23.4 Å². The zero-order valence-electron chi connectivity index (χ0n) is 15.4. The molecule has 8 heteroatoms. The lowest BCUT2D eigenvalue weighted by atomic mass is 10.2. The molecule has 0 aliphatic carbocycles. The van der Waals surface area contributed by atoms with Crippen LogP contribution < -0.4 is 0 Å². The van der Waals surface area contributed by atoms with Crippen LogP contribution in [0.1, 0.15) is 29.5 Å². The molecule has 27 heavy (non-hydrogen) atoms. The summed E-state index contributed by atoms with van der Waals surface area (Å²) >= 11 is 0. The van der Waals surface area contributed by atoms with Crippen LogP contribution in [0.3, 0.4) is 0 Å². The van der Waals surface area contributed by atoms with Crippen molar-refractivity contribution in [3.63, 3.8) is 0 Å². The maximum Gasteiger partial charge on any atom is 0.254 e. The van der Waals surface area contributed by atoms with Crippen molar-refractivity contribution in [2.24, 2.45) is 0 Å². The molecule has 1 saturated heterocycles. The minimum Gasteiger partial charge on any atom is -0.337 e. The van der Waals surface area contributed by atoms with Crippen molar-refractivity contribution < 1.29 is 18.4 Å². The van der Waals surface area contributed by atoms with Crippen LogP contribution in [0.4, 0.5) is 8.78 Å². The Kier molecular flexibility index (Phi) is 5.53. The molecule has 0 N–H and O–H groups in total. The van der Waals surface area contributed by atoms with Gasteiger partial charge in [-0.2, -0.15) is 0 Å². The lowest BCUT2D eigenvalue weighted by Crippen LogP contribution is -2.43. The first-order valence-corrected chi connectivity index (χ1v) is 8.86. The second kappa shape index (κ2) is 7.85. The fraction of sp³-hybridized carbons (Fsp3) is 0.421. The highest BCUT2D eigenvalue weighted by atomic mass is 19.2. The van der Waals surface area contributed by atoms with Crippen LogP contribution in [0.2, 0.25) is 0 Å². The molecule has 2 aromatic rings. The number of halogens is 2. The van der Waals surface area contributed by atoms with Gasteiger partial charge in [-0.05, 0) is 31.5 Å². The maximum atomic E-state index is 13.4. The van der Waals surface area contributed by atoms with Crippen LogP contribution in [-0.4, -0.2) is 56.8 Å². The van der Waals surface area contributed by atoms with E-state index in [0.717, 1.165) is 18.0 Å². The molecule has 3 rings (SSSR count). The van der Waals surface area contributed by atoms with Crippen molar-refractivity contribution in [1.82, 2.24) is 19.4 Å². The Hall–Kier alpha value is -2.77. The lowest BCUT2D eigenvalue weighted by Gasteiger charge is -2.28. The van der Waals surface area contributed by atoms with Crippen molar-refractivity contribution in [3.8, 4) is 0 Å². The Labute approximate surface area is 156 Å². The molecule has 2 heterocycles. The predicted octanol–water partition coefficient (Wildman–Crippen LogP) is 2.23. The van der Waals surface area contributed by atoms with Gasteiger partial charge in [0.05, 0.1) is 6.04 Å². The van der Waals surface area contributed by atoms with Crippen LogP contribution in [0.25, 0.3) is 0 Å². The average Bonchev–Trinajstić information content (AvgIpc) is 3.26. The summed E-state index contributed by atoms with van der Waals surface area (Å²) < 4.78 is 28.4. The number of hydrogen-bond donors (Lipinski definition) is 0. The molecule has 1 aromatic carbocycles. The Balaban J connectivity index is 1.65. The minimum atomic E-state index is -1.04. The summed E-state index contributed by atoms with van der Waals surface area (Å²) in [7, 11) is 0. The number of carbonyl (C=O) groups is 2. The first-order chi connectivity index (χ1) is 12.9. The van der Waals surface area contributed by atoms with E-state index in [1.54, 1.807) is 16.0 Å². The molecule has 1 aliphatic heterocycles. The summed E-state index contributed by atoms with van der Waals surface area (Å²) in [5.41, 5.74) is 0.109. The van der Waals surface area contributed by atoms with Gasteiger partial charge in [0.25, 0.3) is 5.91 Å². The molecule has 144 valence electrons. The van der Waals surface area contributed by atoms with Crippen LogP contribution in [-0.2, 0) is 11.3 Å². The van der Waals surface area contributed by atoms with Crippen molar-refractivity contribution in [1.29, 1.82) is 0 Å². The number of aromatic nitrogens is 2. The third kappa shape index (κ3) is 4.15. The molecule has 0 saturated carbocycles. The number of hydrogen-bond acceptors (Lipinski definition) is 3. The van der Waals surface area contributed by atoms with Crippen molar-refractivity contribution in [3.05, 3.63) is 53.6 Å². The predicted molar refractivity (Wildman–Crippen MR) is 95.0 cm³/mol. The maximum absolute atomic E-state index is 13.4. The number of likely N-dealkylation sites (tertiary alicyclic amines) is 1. The number of aryl methyl sites for hydroxylation is 1. The largest absolute Gasteiger partial charge is 0.337 e. The minimum absolute atomic E-state index is 0.0557. The molecule has 1 aromatic heterocycles. The van der Waals surface area contributed by atoms with E-state index in [9.17, 15) is 18.4 Å². The molecule has 0 bridgehead atoms. The van der Waals surface area contributed by atoms with E-state index in [1.165, 1.54) is 13.0 Å². The summed E-state index contributed by atoms with van der Waals surface area (Å²) in [6, 6.07) is 3.04. The van der Waals surface area contributed by atoms with Crippen LogP contribution >= 0.6 is 0 Å². The summed E-state index contributed by atoms with van der Waals surface area (Å²) in [4.78, 5) is 32.2. The highest BCUT2D eigenvalue weighted by Gasteiger charge is 2.32. The molecule has 1 fully saturated rings. The highest BCUT2D eigenvalue weighted by Crippen LogP contribution is 2.20. The number of benzene rings is 1. The van der Waals surface area contributed by atoms with Gasteiger partial charge in [0.15, 0.2) is 11.6 Å². The van der Waals surface area contributed by atoms with Gasteiger partial charge >= 0.3 is 0 Å². The summed E-state index contributed by atoms with van der Waals surface area (Å²) in [6.07, 6.45) is 4.23. The Morgan fingerprint density at radius 3 is 2.70 bits per heavy atom. The van der Waals surface area contributed by atoms with Gasteiger partial charge in [0, 0.05) is 51.1 Å². The SMILES string of the molecule is CC(=O)N(CCn1ccnc1C)C1CCN(C(=O)c2ccc(F)c(F)c2)C1. The van der Waals surface area contributed by atoms with Gasteiger partial charge in [-0.15, -0.1) is 0 Å². The van der Waals surface area contributed by atoms with Gasteiger partial charge in [0.2, 0.25) is 5.91 Å². The number of carbonyl (C=O) groups excluding carboxylic acids is 2. The fourth-order valence-electron chi connectivity index (χ4n) is 3.45. The molecular weight excluding hydrogens is 354 g/mol. The van der Waals surface area contributed by atoms with Crippen molar-refractivity contribution in [2.45, 2.75) is 32.9 Å². The van der Waals surface area contributed by atoms with Gasteiger partial charge < -0.3 is 14.4 Å². The second-order valence-electron chi connectivity index (χ2n) is 6.70. The zero-order chi connectivity index (χ0) is 19.6. The van der Waals surface area contributed by atoms with Gasteiger partial charge in [-0.25, -0.2) is 13.8 Å². The summed E-state index contributed by atoms with van der Waals surface area (Å²) in [6.45, 7) is 5.40. The molecule has 1 unspecified atom stereocenters. The number of nitrogens with zero attached hydrogens (tertiary/aromatic N) is 4. The standard InChI is InChI=1S/C19H22F2N4O2/c1-13-22-6-8-23(13)9-10-25(14(2)26)16-5-7-24(12-16)19(27)15-3-4-17(20)18(21)11-15/h3-4,6,8,11,16H,5,7,9-10,12H2,1-2H3. The van der Waals surface area contributed by atoms with E-state index in [0.29, 0.717) is 32.6 Å². The van der Waals surface area contributed by atoms with Crippen molar-refractivity contribution >= 4 is 11.8 Å². The van der Waals surface area contributed by atoms with Crippen molar-refractivity contribution in [2.75, 3.05) is 19.6 Å². The summed E-state index contributed by atoms with van der Waals surface area (Å²) in [5, 5.41) is 0. The third-order valence-corrected chi connectivity index (χ3v) is 4.97. The molecule has 6 nitrogen and oxygen atoms in total. The van der Waals surface area contributed by atoms with E-state index in [2.05, 4.69) is 4.98 Å². The van der Waals surface area contributed by atoms with E-state index < -0.39 is 11.6 Å². The number of rotatable bonds is 5. The van der Waals surface area contributed by atoms with E-state index in [1.807, 2.05) is 17.7 Å². The lowest BCUT2D eigenvalue weighted by molar-refractivity contribution is -0.131. The first-order valence-electron chi connectivity index (χ1n) is 8.86. The highest BCUT2D eigenvalue weighted by molar-refractivity contribution is 5.94. The molecule has 1 aliphatic rings. The summed E-state index contributed by atoms with van der Waals surface area (Å²) in [5.74, 6) is -1.56. The fourth-order valence-corrected chi connectivity index (χ4v) is 3.45. The smallest absolute Gasteiger partial charge is 0.254 e. The van der Waals surface area contributed by atoms with E-state index >= 15 is 0 Å². The van der Waals surface area contributed by atoms with Gasteiger partial charge in [-0.1, -0.05) is 0 Å². The zero-order valence-corrected chi connectivity index (χ0v) is 15.4. The molecule has 1 atom stereocenters. The molecule has 0 radical (unpaired) electrons. The first kappa shape index (κ1) is 19.0. The van der Waals surface area contributed by atoms with Crippen LogP contribution in [0, 0.1) is 18.6 Å². The molecular formula is C19H22F2N4O2. The monoisotopic (exact) mass is 376 g/mol. The topological polar surface area (TPSA) is 58.4 Å². The quantitative estimate of drug-likeness (QED) is 0.804. The second-order valence-corrected chi connectivity index (χ2v) is 6.70. The number of imidazole rings is 1. The third-order valence-electron chi connectivity index (χ3n) is 4.97. The Bertz CT molecular complexity index is 852. The Morgan fingerprint density at radius 1 is 1.30 bits per heavy atom. The van der Waals surface area contributed by atoms with E-state index in [4.69, 9.17) is 0 Å². The number of amides is 2. The Morgan fingerprint density at radius 2 is 2.07 bits per heavy atom.